The molecule has 1 heterocycles. The number of benzene rings is 3. The van der Waals surface area contributed by atoms with Crippen LogP contribution in [0.5, 0.6) is 5.75 Å². The van der Waals surface area contributed by atoms with E-state index in [1.165, 1.54) is 18.7 Å². The Labute approximate surface area is 357 Å². The molecule has 3 aromatic carbocycles. The molecule has 0 saturated carbocycles. The molecule has 4 amide bonds. The molecular weight excluding hydrogens is 783 g/mol. The molecule has 1 aliphatic heterocycles. The lowest BCUT2D eigenvalue weighted by Crippen LogP contribution is -2.62. The van der Waals surface area contributed by atoms with Crippen LogP contribution in [0.2, 0.25) is 0 Å². The van der Waals surface area contributed by atoms with Gasteiger partial charge in [-0.3, -0.25) is 34.1 Å². The number of thioether (sulfide) groups is 1. The van der Waals surface area contributed by atoms with Crippen molar-refractivity contribution in [2.45, 2.75) is 108 Å². The van der Waals surface area contributed by atoms with E-state index in [-0.39, 0.29) is 43.4 Å². The fraction of sp³-hybridized carbons (Fsp3) is 0.511. The Morgan fingerprint density at radius 1 is 0.883 bits per heavy atom. The maximum absolute atomic E-state index is 14.6. The van der Waals surface area contributed by atoms with Crippen molar-refractivity contribution in [1.82, 2.24) is 26.6 Å². The molecule has 0 aliphatic carbocycles. The van der Waals surface area contributed by atoms with Crippen LogP contribution in [0.15, 0.2) is 66.7 Å². The number of hydrogen-bond acceptors (Lipinski definition) is 11. The maximum Gasteiger partial charge on any atom is 0.243 e. The van der Waals surface area contributed by atoms with Gasteiger partial charge in [0.25, 0.3) is 0 Å². The molecule has 9 N–H and O–H groups in total. The summed E-state index contributed by atoms with van der Waals surface area (Å²) in [5.41, 5.74) is 11.1. The van der Waals surface area contributed by atoms with Crippen LogP contribution in [0.1, 0.15) is 71.9 Å². The molecule has 15 heteroatoms. The molecule has 5 atom stereocenters. The summed E-state index contributed by atoms with van der Waals surface area (Å²) < 4.78 is 4.56. The number of unbranched alkanes of at least 4 members (excludes halogenated alkanes) is 1. The van der Waals surface area contributed by atoms with E-state index >= 15 is 0 Å². The minimum absolute atomic E-state index is 0.0468. The fourth-order valence-corrected chi connectivity index (χ4v) is 8.70. The largest absolute Gasteiger partial charge is 0.497 e. The highest BCUT2D eigenvalue weighted by Crippen LogP contribution is 2.37. The van der Waals surface area contributed by atoms with Crippen LogP contribution in [0, 0.1) is 5.41 Å². The summed E-state index contributed by atoms with van der Waals surface area (Å²) in [5, 5.41) is 16.7. The summed E-state index contributed by atoms with van der Waals surface area (Å²) in [5.74, 6) is -1.66. The third-order valence-corrected chi connectivity index (χ3v) is 13.0. The number of fused-ring (bicyclic) bond motifs is 1. The first-order valence-corrected chi connectivity index (χ1v) is 21.4. The highest BCUT2D eigenvalue weighted by Gasteiger charge is 2.44. The highest BCUT2D eigenvalue weighted by molar-refractivity contribution is 8.00. The highest BCUT2D eigenvalue weighted by atomic mass is 32.2. The fourth-order valence-electron chi connectivity index (χ4n) is 7.44. The molecule has 60 heavy (non-hydrogen) atoms. The van der Waals surface area contributed by atoms with Crippen LogP contribution in [0.25, 0.3) is 10.8 Å². The third-order valence-electron chi connectivity index (χ3n) is 11.2. The lowest BCUT2D eigenvalue weighted by atomic mass is 9.83. The number of rotatable bonds is 18. The van der Waals surface area contributed by atoms with Gasteiger partial charge in [-0.15, -0.1) is 0 Å². The number of carbonyl (C=O) groups is 6. The van der Waals surface area contributed by atoms with Crippen molar-refractivity contribution in [1.29, 1.82) is 0 Å². The number of nitrogens with one attached hydrogen (secondary N) is 5. The molecule has 1 fully saturated rings. The van der Waals surface area contributed by atoms with Crippen LogP contribution >= 0.6 is 11.8 Å². The molecule has 1 unspecified atom stereocenters. The molecule has 1 aliphatic rings. The molecule has 0 spiro atoms. The van der Waals surface area contributed by atoms with Gasteiger partial charge in [0.1, 0.15) is 23.9 Å². The van der Waals surface area contributed by atoms with Crippen LogP contribution in [-0.4, -0.2) is 102 Å². The van der Waals surface area contributed by atoms with Crippen molar-refractivity contribution in [2.24, 2.45) is 16.9 Å². The van der Waals surface area contributed by atoms with E-state index in [0.717, 1.165) is 16.3 Å². The second kappa shape index (κ2) is 21.1. The minimum atomic E-state index is -1.32. The van der Waals surface area contributed by atoms with E-state index in [4.69, 9.17) is 16.2 Å². The number of nitrogens with two attached hydrogens (primary N) is 2. The molecule has 326 valence electrons. The van der Waals surface area contributed by atoms with Gasteiger partial charge in [-0.25, -0.2) is 0 Å². The van der Waals surface area contributed by atoms with Crippen molar-refractivity contribution < 1.29 is 33.5 Å². The number of ketones is 2. The molecule has 3 aromatic rings. The second-order valence-corrected chi connectivity index (χ2v) is 18.7. The smallest absolute Gasteiger partial charge is 0.243 e. The Bertz CT molecular complexity index is 2010. The molecule has 0 bridgehead atoms. The third kappa shape index (κ3) is 12.8. The Hall–Kier alpha value is -4.83. The van der Waals surface area contributed by atoms with Gasteiger partial charge in [-0.1, -0.05) is 68.4 Å². The second-order valence-electron chi connectivity index (χ2n) is 17.0. The van der Waals surface area contributed by atoms with E-state index in [1.54, 1.807) is 38.3 Å². The van der Waals surface area contributed by atoms with Crippen molar-refractivity contribution in [3.05, 3.63) is 77.9 Å². The zero-order valence-corrected chi connectivity index (χ0v) is 36.8. The van der Waals surface area contributed by atoms with E-state index in [1.807, 2.05) is 70.2 Å². The standard InChI is InChI=1S/C45H63N7O7S/c1-28(53)49-38-36(54)26-48-39(44(4,5)60-27-43(38,2)3)42(58)51-34(23-29-15-18-33(59-7)19-16-29)40(56)50-35(24-30-14-17-31-12-8-9-13-32(31)22-30)41(57)52-45(6,37(55)25-47)20-10-11-21-46/h8-9,12-19,22,34-35,38-39,48H,10-11,20-21,23-27,46-47H2,1-7H3,(H,49,53)(H,50,56)(H,51,58)(H,52,57)/t34-,35-,38+,39+,45?/m0/s1. The Morgan fingerprint density at radius 2 is 1.52 bits per heavy atom. The lowest BCUT2D eigenvalue weighted by molar-refractivity contribution is -0.135. The zero-order chi connectivity index (χ0) is 44.3. The summed E-state index contributed by atoms with van der Waals surface area (Å²) in [6, 6.07) is 16.6. The molecule has 1 saturated heterocycles. The zero-order valence-electron chi connectivity index (χ0n) is 35.9. The van der Waals surface area contributed by atoms with Gasteiger partial charge in [0, 0.05) is 35.7 Å². The molecule has 0 aromatic heterocycles. The molecule has 0 radical (unpaired) electrons. The van der Waals surface area contributed by atoms with Crippen LogP contribution < -0.4 is 42.8 Å². The Kier molecular flexibility index (Phi) is 16.8. The Balaban J connectivity index is 1.70. The Morgan fingerprint density at radius 3 is 2.15 bits per heavy atom. The average molecular weight is 846 g/mol. The lowest BCUT2D eigenvalue weighted by Gasteiger charge is -2.36. The van der Waals surface area contributed by atoms with Gasteiger partial charge < -0.3 is 37.5 Å². The van der Waals surface area contributed by atoms with Crippen molar-refractivity contribution in [3.63, 3.8) is 0 Å². The minimum Gasteiger partial charge on any atom is -0.497 e. The summed E-state index contributed by atoms with van der Waals surface area (Å²) in [4.78, 5) is 82.4. The van der Waals surface area contributed by atoms with Crippen LogP contribution in [0.4, 0.5) is 0 Å². The van der Waals surface area contributed by atoms with Crippen LogP contribution in [-0.2, 0) is 41.6 Å². The quantitative estimate of drug-likeness (QED) is 0.0923. The predicted octanol–water partition coefficient (Wildman–Crippen LogP) is 2.72. The van der Waals surface area contributed by atoms with Crippen molar-refractivity contribution in [2.75, 3.05) is 32.5 Å². The number of carbonyl (C=O) groups excluding carboxylic acids is 6. The summed E-state index contributed by atoms with van der Waals surface area (Å²) >= 11 is 1.48. The monoisotopic (exact) mass is 845 g/mol. The summed E-state index contributed by atoms with van der Waals surface area (Å²) in [6.45, 7) is 10.5. The number of hydrogen-bond donors (Lipinski definition) is 7. The van der Waals surface area contributed by atoms with E-state index in [2.05, 4.69) is 26.6 Å². The summed E-state index contributed by atoms with van der Waals surface area (Å²) in [6.07, 6.45) is 1.62. The van der Waals surface area contributed by atoms with E-state index in [9.17, 15) is 28.8 Å². The first kappa shape index (κ1) is 47.8. The maximum atomic E-state index is 14.6. The van der Waals surface area contributed by atoms with Gasteiger partial charge in [0.2, 0.25) is 23.6 Å². The van der Waals surface area contributed by atoms with Gasteiger partial charge in [0.05, 0.1) is 31.8 Å². The van der Waals surface area contributed by atoms with Crippen molar-refractivity contribution in [3.8, 4) is 5.75 Å². The number of amides is 4. The number of methoxy groups -OCH3 is 1. The van der Waals surface area contributed by atoms with Gasteiger partial charge >= 0.3 is 0 Å². The van der Waals surface area contributed by atoms with Crippen molar-refractivity contribution >= 4 is 57.7 Å². The normalized spacial score (nSPS) is 19.6. The molecular formula is C45H63N7O7S. The molecule has 4 rings (SSSR count). The predicted molar refractivity (Wildman–Crippen MR) is 236 cm³/mol. The van der Waals surface area contributed by atoms with Gasteiger partial charge in [0.15, 0.2) is 11.6 Å². The number of Topliss-reactive ketones (excluding diaryl/α,β-unsaturated/α-hetero) is 2. The summed E-state index contributed by atoms with van der Waals surface area (Å²) in [7, 11) is 1.55. The first-order chi connectivity index (χ1) is 28.3. The SMILES string of the molecule is COc1ccc(C[C@H](NC(=O)[C@H]2NCC(=O)[C@@H](NC(C)=O)C(C)(C)CSC2(C)C)C(=O)N[C@@H](Cc2ccc3ccccc3c2)C(=O)NC(C)(CCCCN)C(=O)CN)cc1. The number of ether oxygens (including phenoxy) is 1. The molecule has 14 nitrogen and oxygen atoms in total. The van der Waals surface area contributed by atoms with Crippen LogP contribution in [0.3, 0.4) is 0 Å². The van der Waals surface area contributed by atoms with Gasteiger partial charge in [-0.05, 0) is 80.6 Å². The topological polar surface area (TPSA) is 224 Å². The van der Waals surface area contributed by atoms with E-state index < -0.39 is 57.6 Å². The first-order valence-electron chi connectivity index (χ1n) is 20.5. The van der Waals surface area contributed by atoms with E-state index in [0.29, 0.717) is 42.9 Å². The van der Waals surface area contributed by atoms with Gasteiger partial charge in [-0.2, -0.15) is 11.8 Å². The average Bonchev–Trinajstić information content (AvgIpc) is 3.23.